The smallest absolute Gasteiger partial charge is 0.391 e. The Labute approximate surface area is 152 Å². The molecule has 2 heterocycles. The van der Waals surface area contributed by atoms with Crippen LogP contribution in [0.1, 0.15) is 23.1 Å². The Kier molecular flexibility index (Phi) is 5.61. The molecule has 0 saturated carbocycles. The number of halogens is 4. The van der Waals surface area contributed by atoms with Gasteiger partial charge in [0.1, 0.15) is 10.8 Å². The Morgan fingerprint density at radius 2 is 2.15 bits per heavy atom. The summed E-state index contributed by atoms with van der Waals surface area (Å²) in [5.41, 5.74) is -0.431. The van der Waals surface area contributed by atoms with Crippen LogP contribution in [0.15, 0.2) is 18.2 Å². The van der Waals surface area contributed by atoms with Crippen molar-refractivity contribution in [1.29, 1.82) is 0 Å². The van der Waals surface area contributed by atoms with Gasteiger partial charge in [0.2, 0.25) is 0 Å². The third kappa shape index (κ3) is 4.06. The van der Waals surface area contributed by atoms with E-state index in [9.17, 15) is 22.7 Å². The highest BCUT2D eigenvalue weighted by Crippen LogP contribution is 2.35. The van der Waals surface area contributed by atoms with Gasteiger partial charge in [-0.2, -0.15) is 13.2 Å². The zero-order chi connectivity index (χ0) is 18.9. The fraction of sp³-hybridized carbons (Fsp3) is 0.471. The van der Waals surface area contributed by atoms with Crippen LogP contribution in [0.25, 0.3) is 10.6 Å². The Bertz CT molecular complexity index is 779. The average Bonchev–Trinajstić information content (AvgIpc) is 2.98. The molecule has 0 aliphatic carbocycles. The highest BCUT2D eigenvalue weighted by molar-refractivity contribution is 7.15. The van der Waals surface area contributed by atoms with Crippen LogP contribution < -0.4 is 0 Å². The summed E-state index contributed by atoms with van der Waals surface area (Å²) in [6, 6.07) is 2.57. The number of morpholine rings is 1. The Morgan fingerprint density at radius 3 is 2.77 bits per heavy atom. The number of benzene rings is 1. The van der Waals surface area contributed by atoms with E-state index in [1.807, 2.05) is 6.92 Å². The summed E-state index contributed by atoms with van der Waals surface area (Å²) in [5.74, 6) is -0.982. The molecule has 1 aliphatic heterocycles. The van der Waals surface area contributed by atoms with Crippen LogP contribution in [0.2, 0.25) is 0 Å². The molecule has 0 amide bonds. The van der Waals surface area contributed by atoms with Crippen LogP contribution in [0.3, 0.4) is 0 Å². The monoisotopic (exact) mass is 390 g/mol. The molecule has 1 aromatic heterocycles. The summed E-state index contributed by atoms with van der Waals surface area (Å²) < 4.78 is 57.7. The third-order valence-corrected chi connectivity index (χ3v) is 5.42. The lowest BCUT2D eigenvalue weighted by atomic mass is 10.1. The van der Waals surface area contributed by atoms with E-state index in [4.69, 9.17) is 4.74 Å². The number of aromatic nitrogens is 1. The normalized spacial score (nSPS) is 19.1. The number of thiazole rings is 1. The molecule has 1 saturated heterocycles. The lowest BCUT2D eigenvalue weighted by Crippen LogP contribution is -2.43. The molecule has 1 N–H and O–H groups in total. The number of rotatable bonds is 4. The summed E-state index contributed by atoms with van der Waals surface area (Å²) in [7, 11) is 0. The fourth-order valence-corrected chi connectivity index (χ4v) is 3.76. The fourth-order valence-electron chi connectivity index (χ4n) is 2.80. The lowest BCUT2D eigenvalue weighted by Gasteiger charge is -2.32. The maximum absolute atomic E-state index is 14.2. The molecule has 9 heteroatoms. The van der Waals surface area contributed by atoms with Crippen molar-refractivity contribution in [2.24, 2.45) is 0 Å². The summed E-state index contributed by atoms with van der Waals surface area (Å²) in [6.07, 6.45) is -4.60. The Hall–Kier alpha value is -1.55. The second kappa shape index (κ2) is 7.59. The van der Waals surface area contributed by atoms with E-state index in [1.54, 1.807) is 0 Å². The van der Waals surface area contributed by atoms with E-state index in [0.29, 0.717) is 42.9 Å². The van der Waals surface area contributed by atoms with Crippen LogP contribution in [0.4, 0.5) is 17.6 Å². The molecule has 1 atom stereocenters. The van der Waals surface area contributed by atoms with Gasteiger partial charge in [0, 0.05) is 24.7 Å². The number of hydrogen-bond donors (Lipinski definition) is 1. The van der Waals surface area contributed by atoms with Crippen molar-refractivity contribution in [1.82, 2.24) is 9.88 Å². The predicted octanol–water partition coefficient (Wildman–Crippen LogP) is 3.68. The van der Waals surface area contributed by atoms with E-state index in [0.717, 1.165) is 23.5 Å². The van der Waals surface area contributed by atoms with E-state index in [-0.39, 0.29) is 23.2 Å². The largest absolute Gasteiger partial charge is 0.416 e. The zero-order valence-corrected chi connectivity index (χ0v) is 14.8. The van der Waals surface area contributed by atoms with Crippen molar-refractivity contribution in [2.75, 3.05) is 19.8 Å². The molecule has 0 radical (unpaired) electrons. The number of hydrogen-bond acceptors (Lipinski definition) is 5. The molecular weight excluding hydrogens is 372 g/mol. The number of aliphatic hydroxyl groups excluding tert-OH is 1. The van der Waals surface area contributed by atoms with Crippen molar-refractivity contribution >= 4 is 11.3 Å². The molecule has 26 heavy (non-hydrogen) atoms. The molecule has 2 aromatic rings. The van der Waals surface area contributed by atoms with Gasteiger partial charge < -0.3 is 9.84 Å². The van der Waals surface area contributed by atoms with Crippen LogP contribution in [0, 0.1) is 5.82 Å². The van der Waals surface area contributed by atoms with Gasteiger partial charge in [-0.25, -0.2) is 9.37 Å². The highest BCUT2D eigenvalue weighted by atomic mass is 32.1. The van der Waals surface area contributed by atoms with Gasteiger partial charge in [-0.05, 0) is 25.1 Å². The zero-order valence-electron chi connectivity index (χ0n) is 14.0. The molecular formula is C17H18F4N2O2S. The molecule has 1 fully saturated rings. The van der Waals surface area contributed by atoms with Gasteiger partial charge >= 0.3 is 6.18 Å². The first-order valence-corrected chi connectivity index (χ1v) is 8.89. The lowest BCUT2D eigenvalue weighted by molar-refractivity contribution is -0.137. The maximum atomic E-state index is 14.2. The summed E-state index contributed by atoms with van der Waals surface area (Å²) >= 11 is 1.09. The molecule has 0 bridgehead atoms. The molecule has 0 spiro atoms. The van der Waals surface area contributed by atoms with Crippen molar-refractivity contribution in [3.8, 4) is 10.6 Å². The second-order valence-electron chi connectivity index (χ2n) is 6.13. The molecule has 1 aromatic carbocycles. The highest BCUT2D eigenvalue weighted by Gasteiger charge is 2.31. The summed E-state index contributed by atoms with van der Waals surface area (Å²) in [5, 5.41) is 9.84. The first-order chi connectivity index (χ1) is 12.3. The Balaban J connectivity index is 1.88. The van der Waals surface area contributed by atoms with Crippen LogP contribution in [-0.2, 0) is 24.1 Å². The number of aliphatic hydroxyl groups is 1. The van der Waals surface area contributed by atoms with E-state index in [2.05, 4.69) is 9.88 Å². The van der Waals surface area contributed by atoms with Crippen molar-refractivity contribution in [3.63, 3.8) is 0 Å². The van der Waals surface area contributed by atoms with Gasteiger partial charge in [0.05, 0.1) is 36.0 Å². The number of alkyl halides is 3. The standard InChI is InChI=1S/C17H18F4N2O2S/c1-10-9-25-5-4-23(10)7-14-15(8-24)26-16(22-14)12-3-2-11(6-13(12)18)17(19,20)21/h2-3,6,10,24H,4-5,7-9H2,1H3. The molecule has 142 valence electrons. The van der Waals surface area contributed by atoms with Gasteiger partial charge in [-0.15, -0.1) is 11.3 Å². The van der Waals surface area contributed by atoms with Crippen LogP contribution in [-0.4, -0.2) is 40.8 Å². The number of nitrogens with zero attached hydrogens (tertiary/aromatic N) is 2. The minimum atomic E-state index is -4.60. The average molecular weight is 390 g/mol. The van der Waals surface area contributed by atoms with Crippen molar-refractivity contribution in [3.05, 3.63) is 40.2 Å². The predicted molar refractivity (Wildman–Crippen MR) is 89.1 cm³/mol. The first kappa shape index (κ1) is 19.2. The van der Waals surface area contributed by atoms with E-state index in [1.165, 1.54) is 0 Å². The van der Waals surface area contributed by atoms with Gasteiger partial charge in [0.25, 0.3) is 0 Å². The molecule has 1 unspecified atom stereocenters. The van der Waals surface area contributed by atoms with E-state index < -0.39 is 17.6 Å². The molecule has 4 nitrogen and oxygen atoms in total. The minimum Gasteiger partial charge on any atom is -0.391 e. The van der Waals surface area contributed by atoms with Crippen LogP contribution in [0.5, 0.6) is 0 Å². The maximum Gasteiger partial charge on any atom is 0.416 e. The SMILES string of the molecule is CC1COCCN1Cc1nc(-c2ccc(C(F)(F)F)cc2F)sc1CO. The number of ether oxygens (including phenoxy) is 1. The minimum absolute atomic E-state index is 0.000948. The second-order valence-corrected chi connectivity index (χ2v) is 7.22. The Morgan fingerprint density at radius 1 is 1.38 bits per heavy atom. The van der Waals surface area contributed by atoms with Gasteiger partial charge in [-0.3, -0.25) is 4.90 Å². The summed E-state index contributed by atoms with van der Waals surface area (Å²) in [4.78, 5) is 7.11. The summed E-state index contributed by atoms with van der Waals surface area (Å²) in [6.45, 7) is 4.14. The first-order valence-electron chi connectivity index (χ1n) is 8.08. The van der Waals surface area contributed by atoms with Crippen molar-refractivity contribution in [2.45, 2.75) is 32.3 Å². The third-order valence-electron chi connectivity index (χ3n) is 4.31. The molecule has 1 aliphatic rings. The van der Waals surface area contributed by atoms with E-state index >= 15 is 0 Å². The van der Waals surface area contributed by atoms with Crippen molar-refractivity contribution < 1.29 is 27.4 Å². The quantitative estimate of drug-likeness (QED) is 0.809. The topological polar surface area (TPSA) is 45.6 Å². The molecule has 3 rings (SSSR count). The van der Waals surface area contributed by atoms with Crippen LogP contribution >= 0.6 is 11.3 Å². The van der Waals surface area contributed by atoms with Gasteiger partial charge in [0.15, 0.2) is 0 Å². The van der Waals surface area contributed by atoms with Gasteiger partial charge in [-0.1, -0.05) is 0 Å².